The molecule has 0 unspecified atom stereocenters. The standard InChI is InChI=1S/C23H30O9/c1-10(2)20(26)31-16-15-11(3)21(27)32-17(15)19(30-13(5)25)23(7)14(29-12(4)24)8-9-22(6,28)18(16)23/h14-19,28H,1,3,8-9H2,2,4-7H3/t14-,15+,16-,17+,18+,19+,22-,23+/m1/s1. The molecule has 3 fully saturated rings. The van der Waals surface area contributed by atoms with Crippen molar-refractivity contribution in [2.75, 3.05) is 0 Å². The summed E-state index contributed by atoms with van der Waals surface area (Å²) in [6, 6.07) is 0. The van der Waals surface area contributed by atoms with Crippen LogP contribution in [-0.2, 0) is 38.1 Å². The molecule has 1 aliphatic heterocycles. The molecular formula is C23H30O9. The Morgan fingerprint density at radius 1 is 1.09 bits per heavy atom. The van der Waals surface area contributed by atoms with Crippen molar-refractivity contribution in [2.24, 2.45) is 17.3 Å². The van der Waals surface area contributed by atoms with Crippen molar-refractivity contribution in [3.8, 4) is 0 Å². The van der Waals surface area contributed by atoms with Gasteiger partial charge in [0.15, 0.2) is 6.10 Å². The van der Waals surface area contributed by atoms with Gasteiger partial charge in [0.25, 0.3) is 0 Å². The van der Waals surface area contributed by atoms with Crippen LogP contribution in [-0.4, -0.2) is 59.0 Å². The van der Waals surface area contributed by atoms with E-state index in [-0.39, 0.29) is 24.0 Å². The van der Waals surface area contributed by atoms with Gasteiger partial charge in [-0.25, -0.2) is 9.59 Å². The van der Waals surface area contributed by atoms with Gasteiger partial charge in [0.2, 0.25) is 0 Å². The van der Waals surface area contributed by atoms with Crippen LogP contribution in [0.2, 0.25) is 0 Å². The van der Waals surface area contributed by atoms with Gasteiger partial charge in [-0.05, 0) is 26.7 Å². The fourth-order valence-electron chi connectivity index (χ4n) is 5.76. The molecule has 0 aromatic heterocycles. The minimum Gasteiger partial charge on any atom is -0.462 e. The van der Waals surface area contributed by atoms with Crippen molar-refractivity contribution in [1.29, 1.82) is 0 Å². The zero-order valence-electron chi connectivity index (χ0n) is 19.0. The minimum absolute atomic E-state index is 0.0547. The number of ether oxygens (including phenoxy) is 4. The summed E-state index contributed by atoms with van der Waals surface area (Å²) >= 11 is 0. The Bertz CT molecular complexity index is 888. The number of carbonyl (C=O) groups excluding carboxylic acids is 4. The first-order valence-corrected chi connectivity index (χ1v) is 10.5. The number of hydrogen-bond donors (Lipinski definition) is 1. The van der Waals surface area contributed by atoms with Crippen LogP contribution in [0.4, 0.5) is 0 Å². The summed E-state index contributed by atoms with van der Waals surface area (Å²) in [5.41, 5.74) is -2.47. The Balaban J connectivity index is 2.24. The molecule has 1 N–H and O–H groups in total. The monoisotopic (exact) mass is 450 g/mol. The lowest BCUT2D eigenvalue weighted by atomic mass is 9.49. The molecule has 32 heavy (non-hydrogen) atoms. The summed E-state index contributed by atoms with van der Waals surface area (Å²) in [7, 11) is 0. The van der Waals surface area contributed by atoms with Crippen molar-refractivity contribution in [3.05, 3.63) is 24.3 Å². The van der Waals surface area contributed by atoms with Crippen LogP contribution in [0.1, 0.15) is 47.5 Å². The molecule has 0 spiro atoms. The Morgan fingerprint density at radius 2 is 1.69 bits per heavy atom. The molecule has 0 aromatic rings. The van der Waals surface area contributed by atoms with E-state index in [2.05, 4.69) is 13.2 Å². The minimum atomic E-state index is -1.42. The summed E-state index contributed by atoms with van der Waals surface area (Å²) in [6.07, 6.45) is -3.48. The molecule has 2 aliphatic carbocycles. The van der Waals surface area contributed by atoms with Crippen molar-refractivity contribution >= 4 is 23.9 Å². The van der Waals surface area contributed by atoms with Crippen LogP contribution in [0.25, 0.3) is 0 Å². The highest BCUT2D eigenvalue weighted by Crippen LogP contribution is 2.60. The molecule has 3 rings (SSSR count). The average molecular weight is 450 g/mol. The second-order valence-electron chi connectivity index (χ2n) is 9.44. The quantitative estimate of drug-likeness (QED) is 0.386. The van der Waals surface area contributed by atoms with Gasteiger partial charge < -0.3 is 24.1 Å². The van der Waals surface area contributed by atoms with Gasteiger partial charge in [-0.1, -0.05) is 20.1 Å². The summed E-state index contributed by atoms with van der Waals surface area (Å²) in [4.78, 5) is 49.0. The third-order valence-electron chi connectivity index (χ3n) is 6.99. The zero-order chi connectivity index (χ0) is 24.2. The number of aliphatic hydroxyl groups is 1. The third-order valence-corrected chi connectivity index (χ3v) is 6.99. The predicted molar refractivity (Wildman–Crippen MR) is 110 cm³/mol. The molecule has 176 valence electrons. The van der Waals surface area contributed by atoms with Gasteiger partial charge in [-0.15, -0.1) is 0 Å². The lowest BCUT2D eigenvalue weighted by Crippen LogP contribution is -2.72. The first-order chi connectivity index (χ1) is 14.7. The molecule has 1 heterocycles. The SMILES string of the molecule is C=C(C)C(=O)O[C@@H]1[C@@H]2C(=C)C(=O)O[C@@H]2[C@H](OC(C)=O)[C@]2(C)[C@@H]1[C@](C)(O)CC[C@H]2OC(C)=O. The van der Waals surface area contributed by atoms with Crippen LogP contribution in [0.15, 0.2) is 24.3 Å². The van der Waals surface area contributed by atoms with Gasteiger partial charge >= 0.3 is 23.9 Å². The largest absolute Gasteiger partial charge is 0.462 e. The van der Waals surface area contributed by atoms with E-state index in [1.807, 2.05) is 0 Å². The van der Waals surface area contributed by atoms with Crippen molar-refractivity contribution in [2.45, 2.75) is 77.5 Å². The average Bonchev–Trinajstić information content (AvgIpc) is 2.94. The van der Waals surface area contributed by atoms with Gasteiger partial charge in [0, 0.05) is 30.9 Å². The van der Waals surface area contributed by atoms with E-state index in [0.717, 1.165) is 0 Å². The van der Waals surface area contributed by atoms with Crippen LogP contribution in [0.5, 0.6) is 0 Å². The van der Waals surface area contributed by atoms with Crippen LogP contribution < -0.4 is 0 Å². The van der Waals surface area contributed by atoms with Crippen molar-refractivity contribution < 1.29 is 43.2 Å². The number of fused-ring (bicyclic) bond motifs is 2. The fourth-order valence-corrected chi connectivity index (χ4v) is 5.76. The van der Waals surface area contributed by atoms with Crippen LogP contribution >= 0.6 is 0 Å². The molecule has 9 heteroatoms. The molecule has 9 nitrogen and oxygen atoms in total. The van der Waals surface area contributed by atoms with Gasteiger partial charge in [0.05, 0.1) is 16.9 Å². The fraction of sp³-hybridized carbons (Fsp3) is 0.652. The van der Waals surface area contributed by atoms with E-state index in [9.17, 15) is 24.3 Å². The molecule has 0 bridgehead atoms. The second kappa shape index (κ2) is 8.03. The molecule has 0 radical (unpaired) electrons. The van der Waals surface area contributed by atoms with Crippen molar-refractivity contribution in [3.63, 3.8) is 0 Å². The van der Waals surface area contributed by atoms with Crippen LogP contribution in [0, 0.1) is 17.3 Å². The van der Waals surface area contributed by atoms with E-state index in [0.29, 0.717) is 0 Å². The maximum Gasteiger partial charge on any atom is 0.334 e. The number of esters is 4. The molecule has 3 aliphatic rings. The Morgan fingerprint density at radius 3 is 2.22 bits per heavy atom. The number of hydrogen-bond acceptors (Lipinski definition) is 9. The van der Waals surface area contributed by atoms with E-state index < -0.39 is 71.1 Å². The number of carbonyl (C=O) groups is 4. The molecule has 0 aromatic carbocycles. The summed E-state index contributed by atoms with van der Waals surface area (Å²) in [6.45, 7) is 14.7. The first-order valence-electron chi connectivity index (χ1n) is 10.5. The summed E-state index contributed by atoms with van der Waals surface area (Å²) < 4.78 is 22.6. The molecule has 1 saturated heterocycles. The van der Waals surface area contributed by atoms with Crippen LogP contribution in [0.3, 0.4) is 0 Å². The normalized spacial score (nSPS) is 40.4. The number of rotatable bonds is 4. The Hall–Kier alpha value is -2.68. The smallest absolute Gasteiger partial charge is 0.334 e. The maximum atomic E-state index is 12.6. The van der Waals surface area contributed by atoms with Gasteiger partial charge in [0.1, 0.15) is 18.3 Å². The van der Waals surface area contributed by atoms with E-state index >= 15 is 0 Å². The van der Waals surface area contributed by atoms with E-state index in [1.165, 1.54) is 20.8 Å². The lowest BCUT2D eigenvalue weighted by Gasteiger charge is -2.61. The molecule has 2 saturated carbocycles. The lowest BCUT2D eigenvalue weighted by molar-refractivity contribution is -0.279. The van der Waals surface area contributed by atoms with Gasteiger partial charge in [-0.3, -0.25) is 9.59 Å². The molecule has 8 atom stereocenters. The van der Waals surface area contributed by atoms with E-state index in [1.54, 1.807) is 13.8 Å². The second-order valence-corrected chi connectivity index (χ2v) is 9.44. The highest BCUT2D eigenvalue weighted by molar-refractivity contribution is 5.92. The zero-order valence-corrected chi connectivity index (χ0v) is 19.0. The summed E-state index contributed by atoms with van der Waals surface area (Å²) in [5.74, 6) is -4.35. The predicted octanol–water partition coefficient (Wildman–Crippen LogP) is 1.62. The highest BCUT2D eigenvalue weighted by atomic mass is 16.6. The van der Waals surface area contributed by atoms with Gasteiger partial charge in [-0.2, -0.15) is 0 Å². The Labute approximate surface area is 186 Å². The summed E-state index contributed by atoms with van der Waals surface area (Å²) in [5, 5.41) is 11.5. The van der Waals surface area contributed by atoms with E-state index in [4.69, 9.17) is 18.9 Å². The third kappa shape index (κ3) is 3.72. The highest BCUT2D eigenvalue weighted by Gasteiger charge is 2.72. The molecular weight excluding hydrogens is 420 g/mol. The Kier molecular flexibility index (Phi) is 6.01. The van der Waals surface area contributed by atoms with Crippen molar-refractivity contribution in [1.82, 2.24) is 0 Å². The first kappa shape index (κ1) is 24.0. The topological polar surface area (TPSA) is 125 Å². The molecule has 0 amide bonds. The maximum absolute atomic E-state index is 12.6.